The monoisotopic (exact) mass is 273 g/mol. The van der Waals surface area contributed by atoms with Crippen molar-refractivity contribution in [2.45, 2.75) is 46.1 Å². The van der Waals surface area contributed by atoms with Gasteiger partial charge in [0.05, 0.1) is 0 Å². The summed E-state index contributed by atoms with van der Waals surface area (Å²) in [5.41, 5.74) is 2.20. The molecule has 0 bridgehead atoms. The van der Waals surface area contributed by atoms with Gasteiger partial charge in [-0.2, -0.15) is 4.98 Å². The lowest BCUT2D eigenvalue weighted by molar-refractivity contribution is 0.354. The molecule has 1 aromatic heterocycles. The van der Waals surface area contributed by atoms with Gasteiger partial charge in [0.2, 0.25) is 11.7 Å². The minimum absolute atomic E-state index is 0.403. The van der Waals surface area contributed by atoms with Crippen LogP contribution in [0.2, 0.25) is 0 Å². The zero-order chi connectivity index (χ0) is 14.4. The molecule has 4 heteroatoms. The van der Waals surface area contributed by atoms with Crippen LogP contribution < -0.4 is 5.32 Å². The molecule has 20 heavy (non-hydrogen) atoms. The average Bonchev–Trinajstić information content (AvgIpc) is 2.92. The molecule has 0 aliphatic carbocycles. The highest BCUT2D eigenvalue weighted by atomic mass is 16.5. The standard InChI is InChI=1S/C16H23N3O/c1-4-10-17-13(5-2)11-15-18-16(19-20-15)14-9-7-6-8-12(14)3/h6-9,13,17H,4-5,10-11H2,1-3H3. The normalized spacial score (nSPS) is 12.6. The van der Waals surface area contributed by atoms with Crippen molar-refractivity contribution in [3.05, 3.63) is 35.7 Å². The van der Waals surface area contributed by atoms with Gasteiger partial charge in [-0.25, -0.2) is 0 Å². The summed E-state index contributed by atoms with van der Waals surface area (Å²) >= 11 is 0. The average molecular weight is 273 g/mol. The maximum absolute atomic E-state index is 5.39. The third-order valence-corrected chi connectivity index (χ3v) is 3.45. The summed E-state index contributed by atoms with van der Waals surface area (Å²) in [7, 11) is 0. The zero-order valence-electron chi connectivity index (χ0n) is 12.5. The molecule has 1 N–H and O–H groups in total. The lowest BCUT2D eigenvalue weighted by atomic mass is 10.1. The van der Waals surface area contributed by atoms with Crippen molar-refractivity contribution < 1.29 is 4.52 Å². The van der Waals surface area contributed by atoms with Crippen molar-refractivity contribution in [1.29, 1.82) is 0 Å². The smallest absolute Gasteiger partial charge is 0.228 e. The van der Waals surface area contributed by atoms with E-state index in [2.05, 4.69) is 42.3 Å². The number of aromatic nitrogens is 2. The molecular weight excluding hydrogens is 250 g/mol. The van der Waals surface area contributed by atoms with Crippen molar-refractivity contribution in [3.8, 4) is 11.4 Å². The van der Waals surface area contributed by atoms with Crippen molar-refractivity contribution in [3.63, 3.8) is 0 Å². The predicted molar refractivity (Wildman–Crippen MR) is 80.5 cm³/mol. The Labute approximate surface area is 120 Å². The molecule has 2 aromatic rings. The number of nitrogens with one attached hydrogen (secondary N) is 1. The highest BCUT2D eigenvalue weighted by Crippen LogP contribution is 2.20. The topological polar surface area (TPSA) is 51.0 Å². The first-order chi connectivity index (χ1) is 9.74. The van der Waals surface area contributed by atoms with Crippen LogP contribution in [0.15, 0.2) is 28.8 Å². The summed E-state index contributed by atoms with van der Waals surface area (Å²) in [6, 6.07) is 8.50. The zero-order valence-corrected chi connectivity index (χ0v) is 12.5. The summed E-state index contributed by atoms with van der Waals surface area (Å²) in [6.07, 6.45) is 2.98. The minimum Gasteiger partial charge on any atom is -0.339 e. The maximum atomic E-state index is 5.39. The Balaban J connectivity index is 2.07. The van der Waals surface area contributed by atoms with E-state index in [1.54, 1.807) is 0 Å². The summed E-state index contributed by atoms with van der Waals surface area (Å²) in [6.45, 7) is 7.43. The molecule has 0 fully saturated rings. The fraction of sp³-hybridized carbons (Fsp3) is 0.500. The van der Waals surface area contributed by atoms with E-state index in [1.165, 1.54) is 0 Å². The van der Waals surface area contributed by atoms with Crippen molar-refractivity contribution in [2.75, 3.05) is 6.54 Å². The maximum Gasteiger partial charge on any atom is 0.228 e. The Morgan fingerprint density at radius 2 is 2.05 bits per heavy atom. The molecule has 1 aromatic carbocycles. The van der Waals surface area contributed by atoms with Gasteiger partial charge in [-0.1, -0.05) is 43.3 Å². The second-order valence-electron chi connectivity index (χ2n) is 5.09. The van der Waals surface area contributed by atoms with Crippen LogP contribution in [-0.2, 0) is 6.42 Å². The largest absolute Gasteiger partial charge is 0.339 e. The fourth-order valence-corrected chi connectivity index (χ4v) is 2.19. The molecule has 0 spiro atoms. The van der Waals surface area contributed by atoms with Crippen molar-refractivity contribution in [1.82, 2.24) is 15.5 Å². The molecule has 1 atom stereocenters. The van der Waals surface area contributed by atoms with Crippen LogP contribution in [0, 0.1) is 6.92 Å². The minimum atomic E-state index is 0.403. The molecule has 0 saturated heterocycles. The molecule has 4 nitrogen and oxygen atoms in total. The van der Waals surface area contributed by atoms with E-state index in [1.807, 2.05) is 18.2 Å². The van der Waals surface area contributed by atoms with E-state index in [0.717, 1.165) is 36.9 Å². The first-order valence-corrected chi connectivity index (χ1v) is 7.36. The number of hydrogen-bond acceptors (Lipinski definition) is 4. The van der Waals surface area contributed by atoms with Crippen LogP contribution in [0.1, 0.15) is 38.1 Å². The third-order valence-electron chi connectivity index (χ3n) is 3.45. The lowest BCUT2D eigenvalue weighted by Gasteiger charge is -2.13. The van der Waals surface area contributed by atoms with Crippen LogP contribution in [-0.4, -0.2) is 22.7 Å². The first-order valence-electron chi connectivity index (χ1n) is 7.36. The Bertz CT molecular complexity index is 536. The van der Waals surface area contributed by atoms with Gasteiger partial charge in [-0.05, 0) is 31.9 Å². The van der Waals surface area contributed by atoms with Gasteiger partial charge < -0.3 is 9.84 Å². The second kappa shape index (κ2) is 7.20. The fourth-order valence-electron chi connectivity index (χ4n) is 2.19. The molecule has 1 unspecified atom stereocenters. The SMILES string of the molecule is CCCNC(CC)Cc1nc(-c2ccccc2C)no1. The number of aryl methyl sites for hydroxylation is 1. The van der Waals surface area contributed by atoms with Crippen LogP contribution in [0.5, 0.6) is 0 Å². The molecule has 0 aliphatic rings. The predicted octanol–water partition coefficient (Wildman–Crippen LogP) is 3.37. The Morgan fingerprint density at radius 1 is 1.25 bits per heavy atom. The van der Waals surface area contributed by atoms with Crippen molar-refractivity contribution in [2.24, 2.45) is 0 Å². The molecular formula is C16H23N3O. The first kappa shape index (κ1) is 14.7. The molecule has 0 aliphatic heterocycles. The summed E-state index contributed by atoms with van der Waals surface area (Å²) in [4.78, 5) is 4.52. The van der Waals surface area contributed by atoms with Gasteiger partial charge in [0.25, 0.3) is 0 Å². The van der Waals surface area contributed by atoms with Gasteiger partial charge in [0.15, 0.2) is 0 Å². The van der Waals surface area contributed by atoms with Gasteiger partial charge in [0, 0.05) is 18.0 Å². The van der Waals surface area contributed by atoms with E-state index in [-0.39, 0.29) is 0 Å². The number of hydrogen-bond donors (Lipinski definition) is 1. The molecule has 2 rings (SSSR count). The Hall–Kier alpha value is -1.68. The van der Waals surface area contributed by atoms with Crippen LogP contribution in [0.4, 0.5) is 0 Å². The van der Waals surface area contributed by atoms with Gasteiger partial charge in [-0.3, -0.25) is 0 Å². The molecule has 108 valence electrons. The van der Waals surface area contributed by atoms with Gasteiger partial charge in [-0.15, -0.1) is 0 Å². The van der Waals surface area contributed by atoms with Gasteiger partial charge in [0.1, 0.15) is 0 Å². The van der Waals surface area contributed by atoms with Gasteiger partial charge >= 0.3 is 0 Å². The summed E-state index contributed by atoms with van der Waals surface area (Å²) in [5.74, 6) is 1.39. The van der Waals surface area contributed by atoms with E-state index >= 15 is 0 Å². The molecule has 0 radical (unpaired) electrons. The number of rotatable bonds is 7. The number of nitrogens with zero attached hydrogens (tertiary/aromatic N) is 2. The quantitative estimate of drug-likeness (QED) is 0.840. The van der Waals surface area contributed by atoms with E-state index < -0.39 is 0 Å². The van der Waals surface area contributed by atoms with E-state index in [9.17, 15) is 0 Å². The Morgan fingerprint density at radius 3 is 2.75 bits per heavy atom. The summed E-state index contributed by atoms with van der Waals surface area (Å²) in [5, 5.41) is 7.60. The van der Waals surface area contributed by atoms with E-state index in [0.29, 0.717) is 17.8 Å². The lowest BCUT2D eigenvalue weighted by Crippen LogP contribution is -2.31. The van der Waals surface area contributed by atoms with Crippen LogP contribution in [0.3, 0.4) is 0 Å². The number of benzene rings is 1. The van der Waals surface area contributed by atoms with Crippen molar-refractivity contribution >= 4 is 0 Å². The second-order valence-corrected chi connectivity index (χ2v) is 5.09. The molecule has 0 amide bonds. The molecule has 0 saturated carbocycles. The van der Waals surface area contributed by atoms with Crippen LogP contribution in [0.25, 0.3) is 11.4 Å². The highest BCUT2D eigenvalue weighted by molar-refractivity contribution is 5.58. The van der Waals surface area contributed by atoms with Crippen LogP contribution >= 0.6 is 0 Å². The Kier molecular flexibility index (Phi) is 5.30. The summed E-state index contributed by atoms with van der Waals surface area (Å²) < 4.78 is 5.39. The third kappa shape index (κ3) is 3.67. The van der Waals surface area contributed by atoms with E-state index in [4.69, 9.17) is 4.52 Å². The highest BCUT2D eigenvalue weighted by Gasteiger charge is 2.14. The molecule has 1 heterocycles.